The Morgan fingerprint density at radius 1 is 0.302 bits per heavy atom. The second kappa shape index (κ2) is 24.0. The van der Waals surface area contributed by atoms with Crippen molar-refractivity contribution in [2.45, 2.75) is 108 Å². The summed E-state index contributed by atoms with van der Waals surface area (Å²) in [6.07, 6.45) is 25.2. The van der Waals surface area contributed by atoms with Crippen LogP contribution in [0.1, 0.15) is 111 Å². The molecule has 0 radical (unpaired) electrons. The van der Waals surface area contributed by atoms with E-state index < -0.39 is 29.5 Å². The van der Waals surface area contributed by atoms with Crippen molar-refractivity contribution in [3.63, 3.8) is 0 Å². The van der Waals surface area contributed by atoms with Gasteiger partial charge in [0.1, 0.15) is 34.6 Å². The predicted molar refractivity (Wildman–Crippen MR) is 369 cm³/mol. The first-order valence-electron chi connectivity index (χ1n) is 32.4. The third-order valence-corrected chi connectivity index (χ3v) is 23.2. The van der Waals surface area contributed by atoms with E-state index in [0.717, 1.165) is 102 Å². The van der Waals surface area contributed by atoms with E-state index in [1.165, 1.54) is 94.0 Å². The second-order valence-electron chi connectivity index (χ2n) is 25.9. The van der Waals surface area contributed by atoms with E-state index in [1.807, 2.05) is 128 Å². The molecule has 3 aliphatic heterocycles. The van der Waals surface area contributed by atoms with Crippen LogP contribution in [0.4, 0.5) is 0 Å². The topological polar surface area (TPSA) is 233 Å². The SMILES string of the molecule is CS(=O)(=O)c1ccc(-c2cc(-c3c(-c4ccccn4)nc4n3C3CCC4C3)ccn2)cc1.CS(=O)(=O)c1ccc(-c2cc(-c3c(-c4ccccn4)nc4n3[C@@H]3CC[C@H]4C3)ccn2)cc1.CS(=O)(=O)c1ccc(-c2cc(-c3c(-c4ccccn4)nc4n3[C@H]3CC[C@@H]4C3)ccn2)cc1. The third-order valence-electron chi connectivity index (χ3n) is 19.8. The Morgan fingerprint density at radius 3 is 0.823 bits per heavy atom. The van der Waals surface area contributed by atoms with Gasteiger partial charge in [-0.05, 0) is 167 Å². The van der Waals surface area contributed by atoms with Crippen LogP contribution in [0.3, 0.4) is 0 Å². The first-order valence-corrected chi connectivity index (χ1v) is 38.1. The van der Waals surface area contributed by atoms with Crippen molar-refractivity contribution in [1.82, 2.24) is 58.6 Å². The van der Waals surface area contributed by atoms with Crippen molar-refractivity contribution in [2.24, 2.45) is 0 Å². The standard InChI is InChI=1S/3C25H22N4O2S/c3*1-32(30,31)20-9-6-16(7-10-20)22-15-17(11-13-27-22)24-23(21-4-2-3-12-26-21)28-25-18-5-8-19(14-18)29(24)25/h3*2-4,6-7,9-13,15,18-19H,5,8,14H2,1H3/t2*18-,19+;/m10./s1. The largest absolute Gasteiger partial charge is 0.324 e. The maximum atomic E-state index is 11.8. The number of nitrogens with zero attached hydrogens (tertiary/aromatic N) is 12. The summed E-state index contributed by atoms with van der Waals surface area (Å²) in [5.41, 5.74) is 16.9. The number of fused-ring (bicyclic) bond motifs is 15. The molecule has 6 aliphatic rings. The van der Waals surface area contributed by atoms with Crippen molar-refractivity contribution >= 4 is 29.5 Å². The van der Waals surface area contributed by atoms with Crippen molar-refractivity contribution in [3.8, 4) is 102 Å². The molecule has 12 heterocycles. The Hall–Kier alpha value is -9.96. The fourth-order valence-electron chi connectivity index (χ4n) is 15.3. The molecule has 18 rings (SSSR count). The number of rotatable bonds is 12. The third kappa shape index (κ3) is 11.2. The van der Waals surface area contributed by atoms with E-state index in [1.54, 1.807) is 55.0 Å². The quantitative estimate of drug-likeness (QED) is 0.111. The number of aromatic nitrogens is 12. The van der Waals surface area contributed by atoms with E-state index >= 15 is 0 Å². The number of pyridine rings is 6. The van der Waals surface area contributed by atoms with Crippen molar-refractivity contribution < 1.29 is 25.3 Å². The molecule has 0 spiro atoms. The highest BCUT2D eigenvalue weighted by atomic mass is 32.2. The van der Waals surface area contributed by atoms with Gasteiger partial charge < -0.3 is 13.7 Å². The molecule has 3 aliphatic carbocycles. The summed E-state index contributed by atoms with van der Waals surface area (Å²) in [6, 6.07) is 52.2. The fourth-order valence-corrected chi connectivity index (χ4v) is 17.2. The normalized spacial score (nSPS) is 19.3. The zero-order chi connectivity index (χ0) is 65.6. The summed E-state index contributed by atoms with van der Waals surface area (Å²) in [4.78, 5) is 43.6. The van der Waals surface area contributed by atoms with Crippen LogP contribution in [0.25, 0.3) is 102 Å². The zero-order valence-corrected chi connectivity index (χ0v) is 55.4. The average molecular weight is 1330 g/mol. The van der Waals surface area contributed by atoms with Crippen molar-refractivity contribution in [3.05, 3.63) is 218 Å². The van der Waals surface area contributed by atoms with Gasteiger partial charge in [-0.3, -0.25) is 29.9 Å². The smallest absolute Gasteiger partial charge is 0.175 e. The lowest BCUT2D eigenvalue weighted by Crippen LogP contribution is -2.08. The predicted octanol–water partition coefficient (Wildman–Crippen LogP) is 14.7. The molecule has 21 heteroatoms. The van der Waals surface area contributed by atoms with Gasteiger partial charge in [0, 0.05) is 125 Å². The molecule has 3 aromatic carbocycles. The summed E-state index contributed by atoms with van der Waals surface area (Å²) in [5, 5.41) is 0. The van der Waals surface area contributed by atoms with Crippen LogP contribution in [0.15, 0.2) is 216 Å². The minimum Gasteiger partial charge on any atom is -0.324 e. The van der Waals surface area contributed by atoms with Gasteiger partial charge in [0.25, 0.3) is 0 Å². The lowest BCUT2D eigenvalue weighted by Gasteiger charge is -2.17. The monoisotopic (exact) mass is 1330 g/mol. The lowest BCUT2D eigenvalue weighted by molar-refractivity contribution is 0.530. The van der Waals surface area contributed by atoms with E-state index in [-0.39, 0.29) is 0 Å². The molecule has 6 atom stereocenters. The number of benzene rings is 3. The molecular formula is C75H66N12O6S3. The molecular weight excluding hydrogens is 1260 g/mol. The van der Waals surface area contributed by atoms with Crippen LogP contribution in [-0.4, -0.2) is 103 Å². The molecule has 12 aromatic rings. The highest BCUT2D eigenvalue weighted by Gasteiger charge is 2.44. The highest BCUT2D eigenvalue weighted by molar-refractivity contribution is 7.91. The van der Waals surface area contributed by atoms with Gasteiger partial charge in [0.15, 0.2) is 29.5 Å². The van der Waals surface area contributed by atoms with Crippen LogP contribution in [0.2, 0.25) is 0 Å². The van der Waals surface area contributed by atoms with Gasteiger partial charge in [0.2, 0.25) is 0 Å². The summed E-state index contributed by atoms with van der Waals surface area (Å²) in [6.45, 7) is 0. The molecule has 96 heavy (non-hydrogen) atoms. The van der Waals surface area contributed by atoms with Crippen LogP contribution in [0.5, 0.6) is 0 Å². The molecule has 18 nitrogen and oxygen atoms in total. The number of hydrogen-bond donors (Lipinski definition) is 0. The molecule has 2 unspecified atom stereocenters. The van der Waals surface area contributed by atoms with Crippen LogP contribution in [-0.2, 0) is 29.5 Å². The van der Waals surface area contributed by atoms with Gasteiger partial charge >= 0.3 is 0 Å². The van der Waals surface area contributed by atoms with Gasteiger partial charge in [-0.1, -0.05) is 54.6 Å². The molecule has 0 saturated heterocycles. The Labute approximate surface area is 557 Å². The molecule has 480 valence electrons. The van der Waals surface area contributed by atoms with E-state index in [4.69, 9.17) is 15.0 Å². The Kier molecular flexibility index (Phi) is 15.3. The molecule has 0 N–H and O–H groups in total. The van der Waals surface area contributed by atoms with Gasteiger partial charge in [0.05, 0.1) is 65.9 Å². The fraction of sp³-hybridized carbons (Fsp3) is 0.240. The molecule has 3 fully saturated rings. The average Bonchev–Trinajstić information content (AvgIpc) is 1.58. The van der Waals surface area contributed by atoms with Crippen molar-refractivity contribution in [2.75, 3.05) is 18.8 Å². The van der Waals surface area contributed by atoms with Crippen LogP contribution >= 0.6 is 0 Å². The Bertz CT molecular complexity index is 4810. The summed E-state index contributed by atoms with van der Waals surface area (Å²) in [7, 11) is -9.70. The van der Waals surface area contributed by atoms with Crippen molar-refractivity contribution in [1.29, 1.82) is 0 Å². The first-order chi connectivity index (χ1) is 46.5. The van der Waals surface area contributed by atoms with Crippen LogP contribution in [0, 0.1) is 0 Å². The molecule has 6 bridgehead atoms. The highest BCUT2D eigenvalue weighted by Crippen LogP contribution is 2.55. The number of sulfone groups is 3. The number of hydrogen-bond acceptors (Lipinski definition) is 15. The van der Waals surface area contributed by atoms with E-state index in [0.29, 0.717) is 50.6 Å². The Morgan fingerprint density at radius 2 is 0.573 bits per heavy atom. The molecule has 9 aromatic heterocycles. The number of imidazole rings is 3. The summed E-state index contributed by atoms with van der Waals surface area (Å²) in [5.74, 6) is 5.11. The van der Waals surface area contributed by atoms with Crippen LogP contribution < -0.4 is 0 Å². The lowest BCUT2D eigenvalue weighted by atomic mass is 10.0. The zero-order valence-electron chi connectivity index (χ0n) is 52.9. The van der Waals surface area contributed by atoms with Gasteiger partial charge in [-0.2, -0.15) is 0 Å². The minimum atomic E-state index is -3.23. The van der Waals surface area contributed by atoms with E-state index in [9.17, 15) is 25.3 Å². The molecule has 0 amide bonds. The Balaban J connectivity index is 0.000000113. The second-order valence-corrected chi connectivity index (χ2v) is 32.0. The minimum absolute atomic E-state index is 0.305. The summed E-state index contributed by atoms with van der Waals surface area (Å²) < 4.78 is 78.1. The first kappa shape index (κ1) is 60.9. The molecule has 3 saturated carbocycles. The van der Waals surface area contributed by atoms with E-state index in [2.05, 4.69) is 61.8 Å². The maximum absolute atomic E-state index is 11.8. The summed E-state index contributed by atoms with van der Waals surface area (Å²) >= 11 is 0. The van der Waals surface area contributed by atoms with Gasteiger partial charge in [-0.15, -0.1) is 0 Å². The van der Waals surface area contributed by atoms with Gasteiger partial charge in [-0.25, -0.2) is 40.2 Å². The maximum Gasteiger partial charge on any atom is 0.175 e.